The van der Waals surface area contributed by atoms with E-state index in [4.69, 9.17) is 5.73 Å². The van der Waals surface area contributed by atoms with Crippen LogP contribution in [0, 0.1) is 18.7 Å². The summed E-state index contributed by atoms with van der Waals surface area (Å²) in [5.74, 6) is -0.0815. The first-order valence-corrected chi connectivity index (χ1v) is 4.68. The zero-order chi connectivity index (χ0) is 10.9. The molecule has 2 nitrogen and oxygen atoms in total. The molecule has 0 bridgehead atoms. The Morgan fingerprint density at radius 3 is 2.43 bits per heavy atom. The summed E-state index contributed by atoms with van der Waals surface area (Å²) in [4.78, 5) is 0. The SMILES string of the molecule is Cc1cc(O)c([C@H](N)C(C)C)cc1F. The van der Waals surface area contributed by atoms with Crippen molar-refractivity contribution in [1.29, 1.82) is 0 Å². The molecule has 0 aliphatic rings. The number of phenols is 1. The van der Waals surface area contributed by atoms with Crippen molar-refractivity contribution in [3.8, 4) is 5.75 Å². The van der Waals surface area contributed by atoms with Gasteiger partial charge in [-0.3, -0.25) is 0 Å². The molecule has 1 aromatic rings. The van der Waals surface area contributed by atoms with Gasteiger partial charge in [0, 0.05) is 11.6 Å². The van der Waals surface area contributed by atoms with E-state index in [9.17, 15) is 9.50 Å². The summed E-state index contributed by atoms with van der Waals surface area (Å²) in [6, 6.07) is 2.40. The van der Waals surface area contributed by atoms with Crippen molar-refractivity contribution in [2.45, 2.75) is 26.8 Å². The highest BCUT2D eigenvalue weighted by atomic mass is 19.1. The van der Waals surface area contributed by atoms with Crippen LogP contribution in [-0.2, 0) is 0 Å². The molecule has 1 aromatic carbocycles. The lowest BCUT2D eigenvalue weighted by molar-refractivity contribution is 0.435. The largest absolute Gasteiger partial charge is 0.508 e. The first kappa shape index (κ1) is 11.0. The smallest absolute Gasteiger partial charge is 0.126 e. The van der Waals surface area contributed by atoms with Crippen LogP contribution in [0.5, 0.6) is 5.75 Å². The second-order valence-corrected chi connectivity index (χ2v) is 3.93. The van der Waals surface area contributed by atoms with Crippen molar-refractivity contribution < 1.29 is 9.50 Å². The molecule has 0 heterocycles. The van der Waals surface area contributed by atoms with Gasteiger partial charge in [-0.1, -0.05) is 13.8 Å². The van der Waals surface area contributed by atoms with Crippen LogP contribution in [0.2, 0.25) is 0 Å². The molecule has 0 fully saturated rings. The molecule has 0 aliphatic heterocycles. The zero-order valence-corrected chi connectivity index (χ0v) is 8.71. The molecule has 0 unspecified atom stereocenters. The molecular weight excluding hydrogens is 181 g/mol. The predicted octanol–water partition coefficient (Wildman–Crippen LogP) is 2.50. The van der Waals surface area contributed by atoms with Crippen molar-refractivity contribution in [1.82, 2.24) is 0 Å². The molecule has 1 rings (SSSR count). The number of hydrogen-bond acceptors (Lipinski definition) is 2. The monoisotopic (exact) mass is 197 g/mol. The summed E-state index contributed by atoms with van der Waals surface area (Å²) in [6.45, 7) is 5.48. The van der Waals surface area contributed by atoms with Crippen molar-refractivity contribution in [3.63, 3.8) is 0 Å². The summed E-state index contributed by atoms with van der Waals surface area (Å²) in [7, 11) is 0. The van der Waals surface area contributed by atoms with Crippen LogP contribution in [0.15, 0.2) is 12.1 Å². The van der Waals surface area contributed by atoms with Gasteiger partial charge < -0.3 is 10.8 Å². The number of aromatic hydroxyl groups is 1. The van der Waals surface area contributed by atoms with Gasteiger partial charge in [0.25, 0.3) is 0 Å². The lowest BCUT2D eigenvalue weighted by Crippen LogP contribution is -2.17. The minimum absolute atomic E-state index is 0.0742. The Labute approximate surface area is 83.6 Å². The average molecular weight is 197 g/mol. The molecule has 0 aliphatic carbocycles. The fourth-order valence-corrected chi connectivity index (χ4v) is 1.31. The number of phenolic OH excluding ortho intramolecular Hbond substituents is 1. The van der Waals surface area contributed by atoms with Gasteiger partial charge in [0.15, 0.2) is 0 Å². The molecule has 0 aromatic heterocycles. The maximum Gasteiger partial charge on any atom is 0.126 e. The number of halogens is 1. The second kappa shape index (κ2) is 3.96. The quantitative estimate of drug-likeness (QED) is 0.765. The minimum atomic E-state index is -0.329. The molecular formula is C11H16FNO. The van der Waals surface area contributed by atoms with Crippen LogP contribution in [0.3, 0.4) is 0 Å². The number of rotatable bonds is 2. The third-order valence-corrected chi connectivity index (χ3v) is 2.39. The van der Waals surface area contributed by atoms with Gasteiger partial charge in [-0.15, -0.1) is 0 Å². The molecule has 0 saturated heterocycles. The first-order valence-electron chi connectivity index (χ1n) is 4.68. The third-order valence-electron chi connectivity index (χ3n) is 2.39. The topological polar surface area (TPSA) is 46.2 Å². The lowest BCUT2D eigenvalue weighted by atomic mass is 9.95. The minimum Gasteiger partial charge on any atom is -0.508 e. The van der Waals surface area contributed by atoms with Gasteiger partial charge in [0.1, 0.15) is 11.6 Å². The maximum absolute atomic E-state index is 13.2. The molecule has 1 atom stereocenters. The van der Waals surface area contributed by atoms with E-state index in [0.717, 1.165) is 0 Å². The Morgan fingerprint density at radius 1 is 1.36 bits per heavy atom. The van der Waals surface area contributed by atoms with Gasteiger partial charge in [-0.2, -0.15) is 0 Å². The summed E-state index contributed by atoms with van der Waals surface area (Å²) in [6.07, 6.45) is 0. The van der Waals surface area contributed by atoms with E-state index in [1.807, 2.05) is 13.8 Å². The highest BCUT2D eigenvalue weighted by Crippen LogP contribution is 2.29. The number of hydrogen-bond donors (Lipinski definition) is 2. The Bertz CT molecular complexity index is 336. The predicted molar refractivity (Wildman–Crippen MR) is 54.6 cm³/mol. The van der Waals surface area contributed by atoms with Gasteiger partial charge in [-0.05, 0) is 30.5 Å². The highest BCUT2D eigenvalue weighted by Gasteiger charge is 2.16. The van der Waals surface area contributed by atoms with E-state index in [2.05, 4.69) is 0 Å². The Morgan fingerprint density at radius 2 is 1.93 bits per heavy atom. The van der Waals surface area contributed by atoms with E-state index < -0.39 is 0 Å². The first-order chi connectivity index (χ1) is 6.43. The fourth-order valence-electron chi connectivity index (χ4n) is 1.31. The summed E-state index contributed by atoms with van der Waals surface area (Å²) in [5.41, 5.74) is 6.74. The van der Waals surface area contributed by atoms with Crippen LogP contribution in [-0.4, -0.2) is 5.11 Å². The molecule has 0 amide bonds. The number of nitrogens with two attached hydrogens (primary N) is 1. The van der Waals surface area contributed by atoms with E-state index in [-0.39, 0.29) is 23.5 Å². The third kappa shape index (κ3) is 2.04. The average Bonchev–Trinajstić information content (AvgIpc) is 2.10. The van der Waals surface area contributed by atoms with Gasteiger partial charge in [-0.25, -0.2) is 4.39 Å². The van der Waals surface area contributed by atoms with Crippen molar-refractivity contribution in [3.05, 3.63) is 29.1 Å². The van der Waals surface area contributed by atoms with Crippen LogP contribution in [0.25, 0.3) is 0 Å². The van der Waals surface area contributed by atoms with Crippen LogP contribution in [0.1, 0.15) is 31.0 Å². The van der Waals surface area contributed by atoms with Gasteiger partial charge in [0.2, 0.25) is 0 Å². The molecule has 3 N–H and O–H groups in total. The van der Waals surface area contributed by atoms with Gasteiger partial charge in [0.05, 0.1) is 0 Å². The van der Waals surface area contributed by atoms with E-state index >= 15 is 0 Å². The lowest BCUT2D eigenvalue weighted by Gasteiger charge is -2.17. The molecule has 3 heteroatoms. The van der Waals surface area contributed by atoms with Crippen LogP contribution < -0.4 is 5.73 Å². The van der Waals surface area contributed by atoms with E-state index in [1.165, 1.54) is 12.1 Å². The van der Waals surface area contributed by atoms with Gasteiger partial charge >= 0.3 is 0 Å². The Hall–Kier alpha value is -1.09. The molecule has 0 radical (unpaired) electrons. The number of aryl methyl sites for hydroxylation is 1. The number of benzene rings is 1. The zero-order valence-electron chi connectivity index (χ0n) is 8.71. The summed E-state index contributed by atoms with van der Waals surface area (Å²) >= 11 is 0. The van der Waals surface area contributed by atoms with E-state index in [0.29, 0.717) is 11.1 Å². The normalized spacial score (nSPS) is 13.3. The maximum atomic E-state index is 13.2. The van der Waals surface area contributed by atoms with Crippen LogP contribution >= 0.6 is 0 Å². The second-order valence-electron chi connectivity index (χ2n) is 3.93. The summed E-state index contributed by atoms with van der Waals surface area (Å²) in [5, 5.41) is 9.59. The fraction of sp³-hybridized carbons (Fsp3) is 0.455. The molecule has 0 spiro atoms. The van der Waals surface area contributed by atoms with E-state index in [1.54, 1.807) is 6.92 Å². The summed E-state index contributed by atoms with van der Waals surface area (Å²) < 4.78 is 13.2. The molecule has 78 valence electrons. The highest BCUT2D eigenvalue weighted by molar-refractivity contribution is 5.39. The standard InChI is InChI=1S/C11H16FNO/c1-6(2)11(13)8-5-9(12)7(3)4-10(8)14/h4-6,11,14H,13H2,1-3H3/t11-/m1/s1. The van der Waals surface area contributed by atoms with Crippen LogP contribution in [0.4, 0.5) is 4.39 Å². The Balaban J connectivity index is 3.15. The molecule has 14 heavy (non-hydrogen) atoms. The van der Waals surface area contributed by atoms with Crippen molar-refractivity contribution >= 4 is 0 Å². The molecule has 0 saturated carbocycles. The van der Waals surface area contributed by atoms with Crippen molar-refractivity contribution in [2.24, 2.45) is 11.7 Å². The Kier molecular flexibility index (Phi) is 3.11. The van der Waals surface area contributed by atoms with Crippen molar-refractivity contribution in [2.75, 3.05) is 0 Å².